The Bertz CT molecular complexity index is 782. The van der Waals surface area contributed by atoms with Crippen molar-refractivity contribution in [3.05, 3.63) is 58.7 Å². The molecule has 146 valence electrons. The molecule has 1 atom stereocenters. The fourth-order valence-electron chi connectivity index (χ4n) is 3.01. The highest BCUT2D eigenvalue weighted by Gasteiger charge is 2.45. The molecule has 1 unspecified atom stereocenters. The quantitative estimate of drug-likeness (QED) is 0.596. The maximum absolute atomic E-state index is 12.4. The molecule has 4 heteroatoms. The second-order valence-corrected chi connectivity index (χ2v) is 7.56. The molecule has 1 aliphatic heterocycles. The number of phenolic OH excluding ortho intramolecular Hbond substituents is 1. The zero-order valence-electron chi connectivity index (χ0n) is 16.7. The fraction of sp³-hybridized carbons (Fsp3) is 0.435. The third kappa shape index (κ3) is 5.83. The van der Waals surface area contributed by atoms with E-state index in [1.165, 1.54) is 29.3 Å². The van der Waals surface area contributed by atoms with Crippen LogP contribution in [0.15, 0.2) is 53.1 Å². The molecule has 0 saturated carbocycles. The van der Waals surface area contributed by atoms with Crippen LogP contribution in [0.5, 0.6) is 11.5 Å². The molecule has 1 aromatic carbocycles. The normalized spacial score (nSPS) is 19.7. The highest BCUT2D eigenvalue weighted by Crippen LogP contribution is 2.38. The number of rotatable bonds is 8. The van der Waals surface area contributed by atoms with Gasteiger partial charge in [-0.3, -0.25) is 4.79 Å². The van der Waals surface area contributed by atoms with Crippen molar-refractivity contribution in [1.29, 1.82) is 0 Å². The molecule has 0 aliphatic carbocycles. The number of carbonyl (C=O) groups is 1. The molecule has 0 aromatic heterocycles. The third-order valence-corrected chi connectivity index (χ3v) is 4.69. The first kappa shape index (κ1) is 21.0. The molecular formula is C23H30O4. The van der Waals surface area contributed by atoms with Crippen LogP contribution in [0.25, 0.3) is 0 Å². The minimum Gasteiger partial charge on any atom is -0.508 e. The van der Waals surface area contributed by atoms with Gasteiger partial charge in [-0.15, -0.1) is 0 Å². The average Bonchev–Trinajstić information content (AvgIpc) is 2.83. The van der Waals surface area contributed by atoms with E-state index in [4.69, 9.17) is 4.74 Å². The van der Waals surface area contributed by atoms with Crippen LogP contribution in [0.2, 0.25) is 0 Å². The molecule has 0 fully saturated rings. The maximum Gasteiger partial charge on any atom is 0.276 e. The van der Waals surface area contributed by atoms with Gasteiger partial charge in [-0.25, -0.2) is 0 Å². The van der Waals surface area contributed by atoms with Crippen molar-refractivity contribution in [3.63, 3.8) is 0 Å². The topological polar surface area (TPSA) is 66.8 Å². The molecule has 4 nitrogen and oxygen atoms in total. The molecule has 27 heavy (non-hydrogen) atoms. The summed E-state index contributed by atoms with van der Waals surface area (Å²) in [6, 6.07) is 4.24. The number of carbonyl (C=O) groups excluding carboxylic acids is 1. The number of hydrogen-bond donors (Lipinski definition) is 2. The number of allylic oxidation sites excluding steroid dienone is 5. The maximum atomic E-state index is 12.4. The van der Waals surface area contributed by atoms with E-state index in [1.54, 1.807) is 0 Å². The van der Waals surface area contributed by atoms with Gasteiger partial charge >= 0.3 is 0 Å². The molecule has 0 radical (unpaired) electrons. The summed E-state index contributed by atoms with van der Waals surface area (Å²) in [6.45, 7) is 8.37. The van der Waals surface area contributed by atoms with Crippen LogP contribution in [0, 0.1) is 0 Å². The summed E-state index contributed by atoms with van der Waals surface area (Å²) >= 11 is 0. The number of phenols is 1. The molecule has 1 heterocycles. The lowest BCUT2D eigenvalue weighted by atomic mass is 10.0. The number of ketones is 1. The van der Waals surface area contributed by atoms with E-state index in [2.05, 4.69) is 32.9 Å². The van der Waals surface area contributed by atoms with E-state index >= 15 is 0 Å². The largest absolute Gasteiger partial charge is 0.508 e. The second kappa shape index (κ2) is 9.05. The van der Waals surface area contributed by atoms with Crippen LogP contribution < -0.4 is 4.74 Å². The number of Topliss-reactive ketones (excluding diaryl/α,β-unsaturated/α-hetero) is 1. The van der Waals surface area contributed by atoms with Crippen LogP contribution in [0.4, 0.5) is 0 Å². The lowest BCUT2D eigenvalue weighted by Gasteiger charge is -2.19. The molecule has 0 saturated heterocycles. The van der Waals surface area contributed by atoms with Gasteiger partial charge in [0.05, 0.1) is 5.56 Å². The molecule has 2 rings (SSSR count). The first-order valence-corrected chi connectivity index (χ1v) is 9.45. The summed E-state index contributed by atoms with van der Waals surface area (Å²) in [4.78, 5) is 12.4. The van der Waals surface area contributed by atoms with Crippen molar-refractivity contribution in [2.45, 2.75) is 65.6 Å². The van der Waals surface area contributed by atoms with Gasteiger partial charge in [0, 0.05) is 12.5 Å². The van der Waals surface area contributed by atoms with Crippen LogP contribution in [-0.2, 0) is 0 Å². The Hall–Kier alpha value is -2.33. The highest BCUT2D eigenvalue weighted by molar-refractivity contribution is 6.06. The lowest BCUT2D eigenvalue weighted by molar-refractivity contribution is -0.0871. The van der Waals surface area contributed by atoms with Crippen molar-refractivity contribution < 1.29 is 19.7 Å². The molecule has 1 aromatic rings. The molecule has 2 N–H and O–H groups in total. The summed E-state index contributed by atoms with van der Waals surface area (Å²) in [6.07, 6.45) is 10.4. The van der Waals surface area contributed by atoms with E-state index in [0.29, 0.717) is 5.56 Å². The Kier molecular flexibility index (Phi) is 7.03. The Morgan fingerprint density at radius 2 is 1.67 bits per heavy atom. The summed E-state index contributed by atoms with van der Waals surface area (Å²) in [5.41, 5.74) is 4.13. The number of aliphatic hydroxyl groups is 1. The second-order valence-electron chi connectivity index (χ2n) is 7.56. The number of fused-ring (bicyclic) bond motifs is 1. The van der Waals surface area contributed by atoms with Crippen LogP contribution in [0.1, 0.15) is 70.2 Å². The highest BCUT2D eigenvalue weighted by atomic mass is 16.6. The zero-order valence-corrected chi connectivity index (χ0v) is 16.7. The zero-order chi connectivity index (χ0) is 20.0. The minimum atomic E-state index is -1.88. The van der Waals surface area contributed by atoms with E-state index in [9.17, 15) is 15.0 Å². The van der Waals surface area contributed by atoms with E-state index < -0.39 is 11.6 Å². The Balaban J connectivity index is 1.87. The Morgan fingerprint density at radius 3 is 2.33 bits per heavy atom. The number of ether oxygens (including phenoxy) is 1. The van der Waals surface area contributed by atoms with Crippen molar-refractivity contribution >= 4 is 5.78 Å². The number of benzene rings is 1. The van der Waals surface area contributed by atoms with Crippen molar-refractivity contribution in [2.75, 3.05) is 0 Å². The van der Waals surface area contributed by atoms with Gasteiger partial charge in [0.25, 0.3) is 5.79 Å². The first-order valence-electron chi connectivity index (χ1n) is 9.45. The molecular weight excluding hydrogens is 340 g/mol. The van der Waals surface area contributed by atoms with Crippen LogP contribution in [0.3, 0.4) is 0 Å². The monoisotopic (exact) mass is 370 g/mol. The van der Waals surface area contributed by atoms with Crippen molar-refractivity contribution in [1.82, 2.24) is 0 Å². The van der Waals surface area contributed by atoms with E-state index in [-0.39, 0.29) is 17.9 Å². The first-order chi connectivity index (χ1) is 12.7. The van der Waals surface area contributed by atoms with E-state index in [0.717, 1.165) is 31.3 Å². The van der Waals surface area contributed by atoms with Crippen molar-refractivity contribution in [3.8, 4) is 11.5 Å². The standard InChI is InChI=1S/C23H30O4/c1-16(2)7-5-8-17(3)9-6-10-18(4)13-14-23(26)22(25)20-12-11-19(24)15-21(20)27-23/h7,9,11-13,15,24,26H,5-6,8,10,14H2,1-4H3. The summed E-state index contributed by atoms with van der Waals surface area (Å²) in [5, 5.41) is 20.1. The summed E-state index contributed by atoms with van der Waals surface area (Å²) < 4.78 is 5.43. The minimum absolute atomic E-state index is 0.00395. The van der Waals surface area contributed by atoms with Crippen molar-refractivity contribution in [2.24, 2.45) is 0 Å². The Morgan fingerprint density at radius 1 is 1.04 bits per heavy atom. The van der Waals surface area contributed by atoms with Gasteiger partial charge in [-0.1, -0.05) is 34.9 Å². The average molecular weight is 370 g/mol. The van der Waals surface area contributed by atoms with Gasteiger partial charge in [0.2, 0.25) is 5.78 Å². The SMILES string of the molecule is CC(C)=CCCC(C)=CCCC(C)=CCC1(O)Oc2cc(O)ccc2C1=O. The number of hydrogen-bond acceptors (Lipinski definition) is 4. The van der Waals surface area contributed by atoms with Gasteiger partial charge in [0.15, 0.2) is 0 Å². The molecule has 0 spiro atoms. The Labute approximate surface area is 161 Å². The van der Waals surface area contributed by atoms with Gasteiger partial charge < -0.3 is 14.9 Å². The molecule has 0 amide bonds. The summed E-state index contributed by atoms with van der Waals surface area (Å²) in [5.74, 6) is -2.11. The van der Waals surface area contributed by atoms with Gasteiger partial charge in [-0.05, 0) is 65.5 Å². The lowest BCUT2D eigenvalue weighted by Crippen LogP contribution is -2.39. The van der Waals surface area contributed by atoms with E-state index in [1.807, 2.05) is 13.0 Å². The smallest absolute Gasteiger partial charge is 0.276 e. The van der Waals surface area contributed by atoms with Crippen LogP contribution in [-0.4, -0.2) is 21.8 Å². The third-order valence-electron chi connectivity index (χ3n) is 4.69. The molecule has 0 bridgehead atoms. The fourth-order valence-corrected chi connectivity index (χ4v) is 3.01. The van der Waals surface area contributed by atoms with Gasteiger partial charge in [0.1, 0.15) is 11.5 Å². The number of aromatic hydroxyl groups is 1. The summed E-state index contributed by atoms with van der Waals surface area (Å²) in [7, 11) is 0. The predicted molar refractivity (Wildman–Crippen MR) is 108 cm³/mol. The predicted octanol–water partition coefficient (Wildman–Crippen LogP) is 5.47. The van der Waals surface area contributed by atoms with Crippen LogP contribution >= 0.6 is 0 Å². The van der Waals surface area contributed by atoms with Gasteiger partial charge in [-0.2, -0.15) is 0 Å². The molecule has 1 aliphatic rings.